The van der Waals surface area contributed by atoms with Crippen molar-refractivity contribution in [2.75, 3.05) is 5.73 Å². The van der Waals surface area contributed by atoms with E-state index < -0.39 is 34.4 Å². The van der Waals surface area contributed by atoms with E-state index in [2.05, 4.69) is 15.3 Å². The van der Waals surface area contributed by atoms with Crippen molar-refractivity contribution in [3.05, 3.63) is 123 Å². The fraction of sp³-hybridized carbons (Fsp3) is 0.0690. The number of nitrogens with one attached hydrogen (secondary N) is 1. The number of fused-ring (bicyclic) bond motifs is 1. The van der Waals surface area contributed by atoms with E-state index in [9.17, 15) is 23.2 Å². The molecule has 6 rings (SSSR count). The van der Waals surface area contributed by atoms with E-state index in [4.69, 9.17) is 15.6 Å². The fourth-order valence-corrected chi connectivity index (χ4v) is 4.15. The van der Waals surface area contributed by atoms with Crippen molar-refractivity contribution in [1.29, 1.82) is 0 Å². The second kappa shape index (κ2) is 11.8. The van der Waals surface area contributed by atoms with E-state index in [1.807, 2.05) is 12.3 Å². The number of aromatic carboxylic acids is 1. The molecule has 4 N–H and O–H groups in total. The molecule has 0 unspecified atom stereocenters. The van der Waals surface area contributed by atoms with Crippen molar-refractivity contribution < 1.29 is 23.4 Å². The number of nitrogens with zero attached hydrogens (tertiary/aromatic N) is 5. The van der Waals surface area contributed by atoms with Gasteiger partial charge in [-0.1, -0.05) is 0 Å². The Morgan fingerprint density at radius 1 is 1.00 bits per heavy atom. The highest BCUT2D eigenvalue weighted by molar-refractivity contribution is 5.86. The van der Waals surface area contributed by atoms with Gasteiger partial charge in [0, 0.05) is 42.5 Å². The van der Waals surface area contributed by atoms with Crippen LogP contribution >= 0.6 is 0 Å². The summed E-state index contributed by atoms with van der Waals surface area (Å²) in [5.74, 6) is -1.88. The average Bonchev–Trinajstić information content (AvgIpc) is 3.69. The molecule has 218 valence electrons. The first kappa shape index (κ1) is 28.5. The number of nitrogen functional groups attached to an aromatic ring is 1. The second-order valence-electron chi connectivity index (χ2n) is 9.05. The monoisotopic (exact) mass is 587 g/mol. The Morgan fingerprint density at radius 3 is 2.42 bits per heavy atom. The number of rotatable bonds is 6. The molecule has 0 spiro atoms. The summed E-state index contributed by atoms with van der Waals surface area (Å²) < 4.78 is 36.1. The summed E-state index contributed by atoms with van der Waals surface area (Å²) in [5.41, 5.74) is 6.25. The third-order valence-corrected chi connectivity index (χ3v) is 6.27. The van der Waals surface area contributed by atoms with Crippen molar-refractivity contribution in [3.8, 4) is 28.4 Å². The van der Waals surface area contributed by atoms with Crippen LogP contribution in [0.3, 0.4) is 0 Å². The first-order valence-electron chi connectivity index (χ1n) is 12.7. The molecule has 14 heteroatoms. The zero-order valence-electron chi connectivity index (χ0n) is 22.4. The quantitative estimate of drug-likeness (QED) is 0.245. The van der Waals surface area contributed by atoms with E-state index in [-0.39, 0.29) is 18.0 Å². The number of aryl methyl sites for hydroxylation is 1. The molecule has 0 saturated carbocycles. The van der Waals surface area contributed by atoms with E-state index in [1.165, 1.54) is 24.3 Å². The number of H-pyrrole nitrogens is 1. The van der Waals surface area contributed by atoms with Crippen LogP contribution in [0.5, 0.6) is 11.5 Å². The number of carboxylic acid groups (broad SMARTS) is 1. The van der Waals surface area contributed by atoms with Crippen LogP contribution in [0.2, 0.25) is 0 Å². The normalized spacial score (nSPS) is 10.8. The molecule has 0 fully saturated rings. The number of anilines is 1. The molecule has 0 amide bonds. The van der Waals surface area contributed by atoms with Crippen molar-refractivity contribution in [2.45, 2.75) is 13.5 Å². The lowest BCUT2D eigenvalue weighted by Gasteiger charge is -2.10. The maximum atomic E-state index is 14.0. The number of hydrogen-bond acceptors (Lipinski definition) is 7. The summed E-state index contributed by atoms with van der Waals surface area (Å²) in [6, 6.07) is 14.4. The predicted octanol–water partition coefficient (Wildman–Crippen LogP) is 4.09. The zero-order valence-corrected chi connectivity index (χ0v) is 22.4. The van der Waals surface area contributed by atoms with Gasteiger partial charge in [0.2, 0.25) is 0 Å². The van der Waals surface area contributed by atoms with Crippen LogP contribution in [0.15, 0.2) is 95.0 Å². The fourth-order valence-electron chi connectivity index (χ4n) is 4.15. The molecule has 0 aliphatic heterocycles. The lowest BCUT2D eigenvalue weighted by Crippen LogP contribution is -2.41. The zero-order chi connectivity index (χ0) is 30.7. The lowest BCUT2D eigenvalue weighted by atomic mass is 10.2. The summed E-state index contributed by atoms with van der Waals surface area (Å²) in [6.45, 7) is 1.85. The molecule has 2 aromatic carbocycles. The Labute approximate surface area is 240 Å². The SMILES string of the molecule is CCn1cc(C(=O)O)c(=O)n(-c2ccc(F)cc2)c1=O.Nc1ccc(Oc2cc(-c3ccn[nH]3)cn3nccc23)c(F)c1. The van der Waals surface area contributed by atoms with Crippen LogP contribution in [0.25, 0.3) is 22.5 Å². The third-order valence-electron chi connectivity index (χ3n) is 6.27. The van der Waals surface area contributed by atoms with Gasteiger partial charge in [-0.15, -0.1) is 0 Å². The number of pyridine rings is 1. The minimum atomic E-state index is -1.42. The molecular weight excluding hydrogens is 564 g/mol. The molecular formula is C29H23F2N7O5. The molecule has 0 atom stereocenters. The van der Waals surface area contributed by atoms with E-state index in [0.29, 0.717) is 16.0 Å². The molecule has 0 bridgehead atoms. The summed E-state index contributed by atoms with van der Waals surface area (Å²) in [4.78, 5) is 35.2. The summed E-state index contributed by atoms with van der Waals surface area (Å²) in [6.07, 6.45) is 6.16. The van der Waals surface area contributed by atoms with Gasteiger partial charge < -0.3 is 15.6 Å². The van der Waals surface area contributed by atoms with Crippen LogP contribution in [0.1, 0.15) is 17.3 Å². The van der Waals surface area contributed by atoms with Crippen LogP contribution < -0.4 is 21.7 Å². The maximum absolute atomic E-state index is 14.0. The van der Waals surface area contributed by atoms with Crippen LogP contribution in [-0.2, 0) is 6.54 Å². The lowest BCUT2D eigenvalue weighted by molar-refractivity contribution is 0.0693. The number of benzene rings is 2. The minimum absolute atomic E-state index is 0.101. The number of hydrogen-bond donors (Lipinski definition) is 3. The van der Waals surface area contributed by atoms with Gasteiger partial charge >= 0.3 is 11.7 Å². The van der Waals surface area contributed by atoms with Gasteiger partial charge in [0.1, 0.15) is 16.9 Å². The number of aromatic nitrogens is 6. The van der Waals surface area contributed by atoms with Crippen LogP contribution in [0.4, 0.5) is 14.5 Å². The Bertz CT molecular complexity index is 2050. The Hall–Kier alpha value is -6.05. The highest BCUT2D eigenvalue weighted by Gasteiger charge is 2.17. The standard InChI is InChI=1S/C16H12FN5O.C13H11FN2O4/c17-12-8-11(18)1-2-15(12)23-16-7-10(13-3-5-19-21-13)9-22-14(16)4-6-20-22;1-2-15-7-10(12(18)19)11(17)16(13(15)20)9-5-3-8(14)4-6-9/h1-9H,18H2,(H,19,21);3-7H,2H2,1H3,(H,18,19). The molecule has 4 heterocycles. The number of aromatic amines is 1. The third kappa shape index (κ3) is 5.88. The van der Waals surface area contributed by atoms with Crippen molar-refractivity contribution in [1.82, 2.24) is 28.9 Å². The van der Waals surface area contributed by atoms with Crippen molar-refractivity contribution >= 4 is 17.2 Å². The molecule has 4 aromatic heterocycles. The molecule has 0 aliphatic rings. The van der Waals surface area contributed by atoms with Gasteiger partial charge in [-0.05, 0) is 61.5 Å². The molecule has 0 radical (unpaired) electrons. The topological polar surface area (TPSA) is 163 Å². The first-order valence-corrected chi connectivity index (χ1v) is 12.7. The van der Waals surface area contributed by atoms with E-state index in [1.54, 1.807) is 42.0 Å². The summed E-state index contributed by atoms with van der Waals surface area (Å²) in [7, 11) is 0. The largest absolute Gasteiger partial charge is 0.477 e. The van der Waals surface area contributed by atoms with Gasteiger partial charge in [-0.2, -0.15) is 10.2 Å². The number of carboxylic acids is 1. The number of carbonyl (C=O) groups is 1. The number of nitrogens with two attached hydrogens (primary N) is 1. The number of ether oxygens (including phenoxy) is 1. The molecule has 0 aliphatic carbocycles. The van der Waals surface area contributed by atoms with Gasteiger partial charge in [0.05, 0.1) is 17.6 Å². The molecule has 43 heavy (non-hydrogen) atoms. The minimum Gasteiger partial charge on any atom is -0.477 e. The van der Waals surface area contributed by atoms with Crippen LogP contribution in [-0.4, -0.2) is 40.0 Å². The highest BCUT2D eigenvalue weighted by Crippen LogP contribution is 2.32. The summed E-state index contributed by atoms with van der Waals surface area (Å²) in [5, 5.41) is 20.0. The van der Waals surface area contributed by atoms with Crippen molar-refractivity contribution in [2.24, 2.45) is 0 Å². The van der Waals surface area contributed by atoms with E-state index >= 15 is 0 Å². The number of halogens is 2. The first-order chi connectivity index (χ1) is 20.7. The van der Waals surface area contributed by atoms with E-state index in [0.717, 1.165) is 39.7 Å². The Balaban J connectivity index is 0.000000173. The second-order valence-corrected chi connectivity index (χ2v) is 9.05. The van der Waals surface area contributed by atoms with Gasteiger partial charge in [-0.25, -0.2) is 27.5 Å². The van der Waals surface area contributed by atoms with Crippen molar-refractivity contribution in [3.63, 3.8) is 0 Å². The van der Waals surface area contributed by atoms with Gasteiger partial charge in [0.25, 0.3) is 5.56 Å². The Morgan fingerprint density at radius 2 is 1.77 bits per heavy atom. The average molecular weight is 588 g/mol. The smallest absolute Gasteiger partial charge is 0.342 e. The predicted molar refractivity (Wildman–Crippen MR) is 153 cm³/mol. The highest BCUT2D eigenvalue weighted by atomic mass is 19.1. The molecule has 12 nitrogen and oxygen atoms in total. The summed E-state index contributed by atoms with van der Waals surface area (Å²) >= 11 is 0. The Kier molecular flexibility index (Phi) is 7.83. The maximum Gasteiger partial charge on any atom is 0.342 e. The van der Waals surface area contributed by atoms with Gasteiger partial charge in [-0.3, -0.25) is 14.5 Å². The van der Waals surface area contributed by atoms with Gasteiger partial charge in [0.15, 0.2) is 17.3 Å². The molecule has 0 saturated heterocycles. The molecule has 6 aromatic rings. The van der Waals surface area contributed by atoms with Crippen LogP contribution in [0, 0.1) is 11.6 Å².